The van der Waals surface area contributed by atoms with E-state index in [9.17, 15) is 4.79 Å². The molecular weight excluding hydrogens is 366 g/mol. The van der Waals surface area contributed by atoms with Gasteiger partial charge in [0.2, 0.25) is 5.95 Å². The van der Waals surface area contributed by atoms with Crippen LogP contribution >= 0.6 is 0 Å². The number of piperazine rings is 1. The second-order valence-corrected chi connectivity index (χ2v) is 7.01. The van der Waals surface area contributed by atoms with Gasteiger partial charge in [-0.1, -0.05) is 12.1 Å². The van der Waals surface area contributed by atoms with Crippen LogP contribution in [0.1, 0.15) is 21.9 Å². The first-order valence-corrected chi connectivity index (χ1v) is 9.59. The summed E-state index contributed by atoms with van der Waals surface area (Å²) in [6.45, 7) is 6.40. The van der Waals surface area contributed by atoms with E-state index in [2.05, 4.69) is 30.2 Å². The van der Waals surface area contributed by atoms with E-state index in [-0.39, 0.29) is 5.91 Å². The third kappa shape index (κ3) is 4.48. The van der Waals surface area contributed by atoms with Gasteiger partial charge in [0.25, 0.3) is 5.91 Å². The van der Waals surface area contributed by atoms with E-state index in [1.807, 2.05) is 36.1 Å². The number of nitrogens with one attached hydrogen (secondary N) is 1. The van der Waals surface area contributed by atoms with E-state index in [1.165, 1.54) is 0 Å². The van der Waals surface area contributed by atoms with Crippen molar-refractivity contribution in [1.82, 2.24) is 24.8 Å². The number of hydrogen-bond donors (Lipinski definition) is 1. The van der Waals surface area contributed by atoms with Gasteiger partial charge in [-0.2, -0.15) is 0 Å². The van der Waals surface area contributed by atoms with Gasteiger partial charge in [-0.25, -0.2) is 19.9 Å². The van der Waals surface area contributed by atoms with Crippen LogP contribution in [-0.2, 0) is 0 Å². The molecule has 0 aliphatic carbocycles. The Morgan fingerprint density at radius 2 is 1.72 bits per heavy atom. The fourth-order valence-corrected chi connectivity index (χ4v) is 3.34. The molecule has 0 saturated carbocycles. The summed E-state index contributed by atoms with van der Waals surface area (Å²) in [6, 6.07) is 11.5. The van der Waals surface area contributed by atoms with Crippen molar-refractivity contribution in [3.8, 4) is 0 Å². The molecule has 0 spiro atoms. The van der Waals surface area contributed by atoms with Gasteiger partial charge >= 0.3 is 0 Å². The van der Waals surface area contributed by atoms with Gasteiger partial charge in [0, 0.05) is 50.3 Å². The smallest absolute Gasteiger partial charge is 0.272 e. The van der Waals surface area contributed by atoms with Crippen molar-refractivity contribution in [1.29, 1.82) is 0 Å². The molecule has 29 heavy (non-hydrogen) atoms. The Morgan fingerprint density at radius 3 is 2.45 bits per heavy atom. The zero-order valence-corrected chi connectivity index (χ0v) is 16.5. The summed E-state index contributed by atoms with van der Waals surface area (Å²) in [6.07, 6.45) is 3.46. The van der Waals surface area contributed by atoms with Crippen molar-refractivity contribution < 1.29 is 4.79 Å². The van der Waals surface area contributed by atoms with Crippen LogP contribution < -0.4 is 10.2 Å². The normalized spacial score (nSPS) is 14.0. The topological polar surface area (TPSA) is 87.1 Å². The molecular formula is C21H23N7O. The van der Waals surface area contributed by atoms with Gasteiger partial charge in [-0.3, -0.25) is 4.79 Å². The van der Waals surface area contributed by atoms with Gasteiger partial charge in [0.05, 0.1) is 0 Å². The molecule has 3 aromatic rings. The largest absolute Gasteiger partial charge is 0.340 e. The minimum Gasteiger partial charge on any atom is -0.340 e. The van der Waals surface area contributed by atoms with E-state index in [0.29, 0.717) is 49.5 Å². The quantitative estimate of drug-likeness (QED) is 0.734. The Hall–Kier alpha value is -3.55. The fourth-order valence-electron chi connectivity index (χ4n) is 3.34. The summed E-state index contributed by atoms with van der Waals surface area (Å²) in [4.78, 5) is 34.3. The Balaban J connectivity index is 1.45. The van der Waals surface area contributed by atoms with Crippen molar-refractivity contribution in [2.75, 3.05) is 36.4 Å². The van der Waals surface area contributed by atoms with E-state index in [0.717, 1.165) is 11.3 Å². The molecule has 1 aliphatic heterocycles. The second-order valence-electron chi connectivity index (χ2n) is 7.01. The first-order valence-electron chi connectivity index (χ1n) is 9.59. The monoisotopic (exact) mass is 389 g/mol. The van der Waals surface area contributed by atoms with E-state index < -0.39 is 0 Å². The molecule has 1 saturated heterocycles. The predicted molar refractivity (Wildman–Crippen MR) is 111 cm³/mol. The minimum atomic E-state index is -0.0866. The zero-order valence-electron chi connectivity index (χ0n) is 16.5. The lowest BCUT2D eigenvalue weighted by atomic mass is 10.2. The van der Waals surface area contributed by atoms with Crippen LogP contribution in [0.4, 0.5) is 17.5 Å². The lowest BCUT2D eigenvalue weighted by Crippen LogP contribution is -2.49. The Bertz CT molecular complexity index is 1000. The van der Waals surface area contributed by atoms with Crippen molar-refractivity contribution in [2.45, 2.75) is 13.8 Å². The summed E-state index contributed by atoms with van der Waals surface area (Å²) < 4.78 is 0. The standard InChI is InChI=1S/C21H23N7O/c1-15-5-3-6-17(13-15)26-19-14-18(24-16(2)25-19)20(29)27-9-11-28(12-10-27)21-22-7-4-8-23-21/h3-8,13-14H,9-12H2,1-2H3,(H,24,25,26). The number of benzene rings is 1. The number of amides is 1. The summed E-state index contributed by atoms with van der Waals surface area (Å²) in [7, 11) is 0. The maximum Gasteiger partial charge on any atom is 0.272 e. The molecule has 4 rings (SSSR count). The van der Waals surface area contributed by atoms with E-state index in [1.54, 1.807) is 31.5 Å². The second kappa shape index (κ2) is 8.22. The van der Waals surface area contributed by atoms with Gasteiger partial charge in [0.1, 0.15) is 17.3 Å². The number of hydrogen-bond acceptors (Lipinski definition) is 7. The van der Waals surface area contributed by atoms with Crippen molar-refractivity contribution >= 4 is 23.4 Å². The van der Waals surface area contributed by atoms with Crippen LogP contribution in [0.3, 0.4) is 0 Å². The Kier molecular flexibility index (Phi) is 5.33. The van der Waals surface area contributed by atoms with Gasteiger partial charge < -0.3 is 15.1 Å². The zero-order chi connectivity index (χ0) is 20.2. The first-order chi connectivity index (χ1) is 14.1. The molecule has 0 radical (unpaired) electrons. The molecule has 1 aromatic carbocycles. The predicted octanol–water partition coefficient (Wildman–Crippen LogP) is 2.59. The molecule has 0 atom stereocenters. The van der Waals surface area contributed by atoms with Gasteiger partial charge in [-0.05, 0) is 37.6 Å². The molecule has 2 aromatic heterocycles. The number of carbonyl (C=O) groups excluding carboxylic acids is 1. The highest BCUT2D eigenvalue weighted by molar-refractivity contribution is 5.93. The fraction of sp³-hybridized carbons (Fsp3) is 0.286. The molecule has 1 amide bonds. The average molecular weight is 389 g/mol. The van der Waals surface area contributed by atoms with Crippen LogP contribution in [0.2, 0.25) is 0 Å². The number of aryl methyl sites for hydroxylation is 2. The third-order valence-electron chi connectivity index (χ3n) is 4.75. The average Bonchev–Trinajstić information content (AvgIpc) is 2.73. The van der Waals surface area contributed by atoms with Crippen molar-refractivity contribution in [2.24, 2.45) is 0 Å². The highest BCUT2D eigenvalue weighted by Gasteiger charge is 2.24. The molecule has 8 heteroatoms. The lowest BCUT2D eigenvalue weighted by molar-refractivity contribution is 0.0740. The number of aromatic nitrogens is 4. The highest BCUT2D eigenvalue weighted by Crippen LogP contribution is 2.18. The van der Waals surface area contributed by atoms with Crippen LogP contribution in [0, 0.1) is 13.8 Å². The number of nitrogens with zero attached hydrogens (tertiary/aromatic N) is 6. The van der Waals surface area contributed by atoms with Crippen LogP contribution in [0.5, 0.6) is 0 Å². The van der Waals surface area contributed by atoms with Crippen LogP contribution in [-0.4, -0.2) is 56.9 Å². The maximum atomic E-state index is 13.0. The number of anilines is 3. The highest BCUT2D eigenvalue weighted by atomic mass is 16.2. The third-order valence-corrected chi connectivity index (χ3v) is 4.75. The van der Waals surface area contributed by atoms with Crippen molar-refractivity contribution in [3.63, 3.8) is 0 Å². The summed E-state index contributed by atoms with van der Waals surface area (Å²) in [5.74, 6) is 1.78. The summed E-state index contributed by atoms with van der Waals surface area (Å²) in [5.41, 5.74) is 2.48. The SMILES string of the molecule is Cc1cccc(Nc2cc(C(=O)N3CCN(c4ncccn4)CC3)nc(C)n2)c1. The van der Waals surface area contributed by atoms with Crippen LogP contribution in [0.25, 0.3) is 0 Å². The van der Waals surface area contributed by atoms with E-state index >= 15 is 0 Å². The lowest BCUT2D eigenvalue weighted by Gasteiger charge is -2.34. The molecule has 1 fully saturated rings. The molecule has 3 heterocycles. The molecule has 0 unspecified atom stereocenters. The Morgan fingerprint density at radius 1 is 0.966 bits per heavy atom. The van der Waals surface area contributed by atoms with E-state index in [4.69, 9.17) is 0 Å². The number of carbonyl (C=O) groups is 1. The van der Waals surface area contributed by atoms with Gasteiger partial charge in [-0.15, -0.1) is 0 Å². The minimum absolute atomic E-state index is 0.0866. The molecule has 8 nitrogen and oxygen atoms in total. The molecule has 0 bridgehead atoms. The Labute approximate surface area is 169 Å². The number of rotatable bonds is 4. The summed E-state index contributed by atoms with van der Waals surface area (Å²) >= 11 is 0. The first kappa shape index (κ1) is 18.8. The van der Waals surface area contributed by atoms with Gasteiger partial charge in [0.15, 0.2) is 0 Å². The molecule has 148 valence electrons. The molecule has 1 aliphatic rings. The van der Waals surface area contributed by atoms with Crippen molar-refractivity contribution in [3.05, 3.63) is 65.9 Å². The molecule has 1 N–H and O–H groups in total. The maximum absolute atomic E-state index is 13.0. The van der Waals surface area contributed by atoms with Crippen LogP contribution in [0.15, 0.2) is 48.8 Å². The summed E-state index contributed by atoms with van der Waals surface area (Å²) in [5, 5.41) is 3.27.